The number of rotatable bonds is 1. The molecule has 1 fully saturated rings. The van der Waals surface area contributed by atoms with Crippen molar-refractivity contribution in [2.24, 2.45) is 5.73 Å². The Balaban J connectivity index is 2.81. The number of nitriles is 1. The molecule has 0 heterocycles. The second kappa shape index (κ2) is 3.02. The van der Waals surface area contributed by atoms with Gasteiger partial charge in [-0.15, -0.1) is 0 Å². The van der Waals surface area contributed by atoms with Crippen molar-refractivity contribution in [1.29, 1.82) is 5.26 Å². The summed E-state index contributed by atoms with van der Waals surface area (Å²) in [6.07, 6.45) is 3.52. The van der Waals surface area contributed by atoms with Crippen LogP contribution in [-0.2, 0) is 0 Å². The molecule has 0 radical (unpaired) electrons. The monoisotopic (exact) mass is 167 g/mol. The van der Waals surface area contributed by atoms with Gasteiger partial charge in [0.25, 0.3) is 0 Å². The van der Waals surface area contributed by atoms with Crippen molar-refractivity contribution < 1.29 is 4.79 Å². The summed E-state index contributed by atoms with van der Waals surface area (Å²) >= 11 is 0. The minimum absolute atomic E-state index is 0.515. The highest BCUT2D eigenvalue weighted by Gasteiger charge is 2.39. The Bertz CT molecular complexity index is 225. The summed E-state index contributed by atoms with van der Waals surface area (Å²) in [4.78, 5) is 12.2. The summed E-state index contributed by atoms with van der Waals surface area (Å²) in [6, 6.07) is 1.67. The highest BCUT2D eigenvalue weighted by Crippen LogP contribution is 2.33. The number of carbonyl (C=O) groups is 1. The molecule has 0 unspecified atom stereocenters. The molecule has 0 aromatic rings. The van der Waals surface area contributed by atoms with Gasteiger partial charge < -0.3 is 10.6 Å². The van der Waals surface area contributed by atoms with Crippen LogP contribution >= 0.6 is 0 Å². The molecule has 0 spiro atoms. The van der Waals surface area contributed by atoms with E-state index in [4.69, 9.17) is 11.0 Å². The van der Waals surface area contributed by atoms with Crippen LogP contribution in [0.1, 0.15) is 25.7 Å². The van der Waals surface area contributed by atoms with Gasteiger partial charge in [-0.2, -0.15) is 5.26 Å². The van der Waals surface area contributed by atoms with Crippen LogP contribution in [0.2, 0.25) is 0 Å². The first-order chi connectivity index (χ1) is 5.62. The lowest BCUT2D eigenvalue weighted by atomic mass is 9.98. The second-order valence-electron chi connectivity index (χ2n) is 3.25. The zero-order chi connectivity index (χ0) is 9.19. The van der Waals surface area contributed by atoms with Crippen LogP contribution in [-0.4, -0.2) is 23.5 Å². The molecule has 0 saturated heterocycles. The average Bonchev–Trinajstić information content (AvgIpc) is 2.52. The summed E-state index contributed by atoms with van der Waals surface area (Å²) in [5.74, 6) is 0. The van der Waals surface area contributed by atoms with Gasteiger partial charge in [-0.05, 0) is 25.7 Å². The minimum Gasteiger partial charge on any atom is -0.351 e. The third-order valence-corrected chi connectivity index (χ3v) is 2.61. The molecule has 1 aliphatic carbocycles. The zero-order valence-corrected chi connectivity index (χ0v) is 7.21. The maximum Gasteiger partial charge on any atom is 0.315 e. The van der Waals surface area contributed by atoms with Crippen LogP contribution in [0.4, 0.5) is 4.79 Å². The number of urea groups is 1. The summed E-state index contributed by atoms with van der Waals surface area (Å²) in [5.41, 5.74) is 4.49. The Hall–Kier alpha value is -1.24. The van der Waals surface area contributed by atoms with Crippen LogP contribution in [0.15, 0.2) is 0 Å². The quantitative estimate of drug-likeness (QED) is 0.628. The summed E-state index contributed by atoms with van der Waals surface area (Å²) < 4.78 is 0. The molecule has 12 heavy (non-hydrogen) atoms. The lowest BCUT2D eigenvalue weighted by molar-refractivity contribution is 0.176. The van der Waals surface area contributed by atoms with Crippen molar-refractivity contribution in [2.45, 2.75) is 31.2 Å². The number of nitrogens with two attached hydrogens (primary N) is 1. The second-order valence-corrected chi connectivity index (χ2v) is 3.25. The van der Waals surface area contributed by atoms with Crippen molar-refractivity contribution in [3.05, 3.63) is 0 Å². The fraction of sp³-hybridized carbons (Fsp3) is 0.750. The highest BCUT2D eigenvalue weighted by molar-refractivity contribution is 5.73. The topological polar surface area (TPSA) is 70.1 Å². The third-order valence-electron chi connectivity index (χ3n) is 2.61. The lowest BCUT2D eigenvalue weighted by Gasteiger charge is -2.30. The molecule has 0 aromatic carbocycles. The number of carbonyl (C=O) groups excluding carboxylic acids is 1. The van der Waals surface area contributed by atoms with E-state index in [1.165, 1.54) is 4.90 Å². The maximum atomic E-state index is 10.8. The van der Waals surface area contributed by atoms with E-state index in [2.05, 4.69) is 6.07 Å². The van der Waals surface area contributed by atoms with Gasteiger partial charge in [0.05, 0.1) is 6.07 Å². The fourth-order valence-electron chi connectivity index (χ4n) is 1.69. The van der Waals surface area contributed by atoms with Gasteiger partial charge in [-0.25, -0.2) is 4.79 Å². The van der Waals surface area contributed by atoms with Crippen LogP contribution in [0, 0.1) is 11.3 Å². The first-order valence-corrected chi connectivity index (χ1v) is 4.07. The number of amides is 2. The zero-order valence-electron chi connectivity index (χ0n) is 7.21. The number of nitrogens with zero attached hydrogens (tertiary/aromatic N) is 2. The minimum atomic E-state index is -0.619. The summed E-state index contributed by atoms with van der Waals surface area (Å²) in [7, 11) is 1.59. The molecule has 1 saturated carbocycles. The van der Waals surface area contributed by atoms with Gasteiger partial charge in [0.2, 0.25) is 0 Å². The molecule has 4 heteroatoms. The third kappa shape index (κ3) is 1.22. The summed E-state index contributed by atoms with van der Waals surface area (Å²) in [5, 5.41) is 8.94. The normalized spacial score (nSPS) is 20.0. The molecule has 0 bridgehead atoms. The molecular formula is C8H13N3O. The largest absolute Gasteiger partial charge is 0.351 e. The predicted octanol–water partition coefficient (Wildman–Crippen LogP) is 0.833. The van der Waals surface area contributed by atoms with Crippen molar-refractivity contribution >= 4 is 6.03 Å². The Morgan fingerprint density at radius 2 is 2.08 bits per heavy atom. The molecule has 0 aromatic heterocycles. The van der Waals surface area contributed by atoms with E-state index in [1.54, 1.807) is 7.05 Å². The molecule has 0 atom stereocenters. The van der Waals surface area contributed by atoms with Crippen molar-refractivity contribution in [1.82, 2.24) is 4.90 Å². The van der Waals surface area contributed by atoms with Gasteiger partial charge >= 0.3 is 6.03 Å². The van der Waals surface area contributed by atoms with E-state index < -0.39 is 11.6 Å². The molecule has 1 aliphatic rings. The molecular weight excluding hydrogens is 154 g/mol. The van der Waals surface area contributed by atoms with E-state index in [0.29, 0.717) is 0 Å². The number of hydrogen-bond acceptors (Lipinski definition) is 2. The predicted molar refractivity (Wildman–Crippen MR) is 44.2 cm³/mol. The van der Waals surface area contributed by atoms with Crippen LogP contribution in [0.5, 0.6) is 0 Å². The summed E-state index contributed by atoms with van der Waals surface area (Å²) in [6.45, 7) is 0. The van der Waals surface area contributed by atoms with Gasteiger partial charge in [-0.3, -0.25) is 0 Å². The van der Waals surface area contributed by atoms with Crippen molar-refractivity contribution in [3.8, 4) is 6.07 Å². The van der Waals surface area contributed by atoms with Gasteiger partial charge in [0, 0.05) is 7.05 Å². The Morgan fingerprint density at radius 1 is 1.58 bits per heavy atom. The maximum absolute atomic E-state index is 10.8. The van der Waals surface area contributed by atoms with E-state index in [1.807, 2.05) is 0 Å². The smallest absolute Gasteiger partial charge is 0.315 e. The van der Waals surface area contributed by atoms with Gasteiger partial charge in [0.15, 0.2) is 0 Å². The Morgan fingerprint density at radius 3 is 2.42 bits per heavy atom. The first kappa shape index (κ1) is 8.85. The van der Waals surface area contributed by atoms with E-state index >= 15 is 0 Å². The fourth-order valence-corrected chi connectivity index (χ4v) is 1.69. The van der Waals surface area contributed by atoms with E-state index in [9.17, 15) is 4.79 Å². The van der Waals surface area contributed by atoms with Crippen LogP contribution in [0.25, 0.3) is 0 Å². The molecule has 0 aliphatic heterocycles. The van der Waals surface area contributed by atoms with Gasteiger partial charge in [-0.1, -0.05) is 0 Å². The van der Waals surface area contributed by atoms with Crippen molar-refractivity contribution in [3.63, 3.8) is 0 Å². The molecule has 4 nitrogen and oxygen atoms in total. The van der Waals surface area contributed by atoms with Crippen LogP contribution < -0.4 is 5.73 Å². The van der Waals surface area contributed by atoms with E-state index in [0.717, 1.165) is 25.7 Å². The van der Waals surface area contributed by atoms with E-state index in [-0.39, 0.29) is 0 Å². The molecule has 2 N–H and O–H groups in total. The van der Waals surface area contributed by atoms with Crippen LogP contribution in [0.3, 0.4) is 0 Å². The average molecular weight is 167 g/mol. The standard InChI is InChI=1S/C8H13N3O/c1-11(7(10)12)8(6-9)4-2-3-5-8/h2-5H2,1H3,(H2,10,12). The molecule has 66 valence electrons. The molecule has 1 rings (SSSR count). The molecule has 2 amide bonds. The van der Waals surface area contributed by atoms with Crippen molar-refractivity contribution in [2.75, 3.05) is 7.05 Å². The first-order valence-electron chi connectivity index (χ1n) is 4.07. The highest BCUT2D eigenvalue weighted by atomic mass is 16.2. The Labute approximate surface area is 71.9 Å². The number of primary amides is 1. The van der Waals surface area contributed by atoms with Gasteiger partial charge in [0.1, 0.15) is 5.54 Å². The lowest BCUT2D eigenvalue weighted by Crippen LogP contribution is -2.48. The SMILES string of the molecule is CN(C(N)=O)C1(C#N)CCCC1. The number of hydrogen-bond donors (Lipinski definition) is 1. The Kier molecular flexibility index (Phi) is 2.22.